The molecule has 2 aromatic carbocycles. The molecule has 21 heavy (non-hydrogen) atoms. The van der Waals surface area contributed by atoms with Crippen LogP contribution in [0.4, 0.5) is 18.9 Å². The molecule has 2 aromatic rings. The summed E-state index contributed by atoms with van der Waals surface area (Å²) >= 11 is 6.59. The monoisotopic (exact) mass is 423 g/mol. The van der Waals surface area contributed by atoms with Crippen LogP contribution in [-0.2, 0) is 12.8 Å². The molecule has 0 heterocycles. The van der Waals surface area contributed by atoms with Gasteiger partial charge in [-0.25, -0.2) is 0 Å². The summed E-state index contributed by atoms with van der Waals surface area (Å²) in [5.41, 5.74) is 4.73. The number of hydrogen-bond donors (Lipinski definition) is 1. The summed E-state index contributed by atoms with van der Waals surface area (Å²) < 4.78 is 45.8. The van der Waals surface area contributed by atoms with Crippen LogP contribution in [0.25, 0.3) is 0 Å². The fourth-order valence-electron chi connectivity index (χ4n) is 1.75. The third-order valence-corrected chi connectivity index (χ3v) is 3.98. The Morgan fingerprint density at radius 1 is 1.05 bits per heavy atom. The predicted octanol–water partition coefficient (Wildman–Crippen LogP) is 5.39. The number of nitrogens with two attached hydrogens (primary N) is 1. The number of alkyl halides is 3. The molecule has 0 saturated heterocycles. The Kier molecular flexibility index (Phi) is 4.83. The van der Waals surface area contributed by atoms with Crippen LogP contribution in [0.3, 0.4) is 0 Å². The lowest BCUT2D eigenvalue weighted by Crippen LogP contribution is -2.11. The normalized spacial score (nSPS) is 11.5. The van der Waals surface area contributed by atoms with E-state index in [4.69, 9.17) is 10.5 Å². The Bertz CT molecular complexity index is 639. The van der Waals surface area contributed by atoms with E-state index in [0.29, 0.717) is 14.7 Å². The number of ether oxygens (including phenoxy) is 1. The molecule has 0 atom stereocenters. The van der Waals surface area contributed by atoms with E-state index in [2.05, 4.69) is 31.9 Å². The van der Waals surface area contributed by atoms with Gasteiger partial charge in [-0.1, -0.05) is 12.1 Å². The second-order valence-corrected chi connectivity index (χ2v) is 5.96. The average molecular weight is 425 g/mol. The molecule has 2 nitrogen and oxygen atoms in total. The number of halogens is 5. The molecule has 0 spiro atoms. The SMILES string of the molecule is Nc1ccc(COc2c(Br)cccc2Br)c(C(F)(F)F)c1. The lowest BCUT2D eigenvalue weighted by Gasteiger charge is -2.15. The number of para-hydroxylation sites is 1. The van der Waals surface area contributed by atoms with Crippen molar-refractivity contribution in [1.29, 1.82) is 0 Å². The zero-order chi connectivity index (χ0) is 15.6. The molecule has 0 radical (unpaired) electrons. The minimum atomic E-state index is -4.47. The van der Waals surface area contributed by atoms with Crippen molar-refractivity contribution in [1.82, 2.24) is 0 Å². The molecule has 2 rings (SSSR count). The highest BCUT2D eigenvalue weighted by atomic mass is 79.9. The van der Waals surface area contributed by atoms with E-state index in [1.807, 2.05) is 0 Å². The van der Waals surface area contributed by atoms with Crippen LogP contribution >= 0.6 is 31.9 Å². The summed E-state index contributed by atoms with van der Waals surface area (Å²) in [6.07, 6.45) is -4.47. The van der Waals surface area contributed by atoms with Crippen LogP contribution in [0.2, 0.25) is 0 Å². The zero-order valence-corrected chi connectivity index (χ0v) is 13.7. The maximum Gasteiger partial charge on any atom is 0.416 e. The van der Waals surface area contributed by atoms with Crippen LogP contribution in [0, 0.1) is 0 Å². The summed E-state index contributed by atoms with van der Waals surface area (Å²) in [5.74, 6) is 0.447. The fourth-order valence-corrected chi connectivity index (χ4v) is 2.98. The van der Waals surface area contributed by atoms with Gasteiger partial charge < -0.3 is 10.5 Å². The standard InChI is InChI=1S/C14H10Br2F3NO/c15-11-2-1-3-12(16)13(11)21-7-8-4-5-9(20)6-10(8)14(17,18)19/h1-6H,7,20H2. The van der Waals surface area contributed by atoms with Crippen LogP contribution in [0.1, 0.15) is 11.1 Å². The minimum Gasteiger partial charge on any atom is -0.487 e. The molecule has 0 fully saturated rings. The van der Waals surface area contributed by atoms with Crippen LogP contribution < -0.4 is 10.5 Å². The molecule has 0 aliphatic rings. The van der Waals surface area contributed by atoms with Gasteiger partial charge >= 0.3 is 6.18 Å². The van der Waals surface area contributed by atoms with Gasteiger partial charge in [0.15, 0.2) is 0 Å². The van der Waals surface area contributed by atoms with E-state index in [9.17, 15) is 13.2 Å². The lowest BCUT2D eigenvalue weighted by atomic mass is 10.1. The Labute approximate surface area is 136 Å². The van der Waals surface area contributed by atoms with Crippen molar-refractivity contribution in [2.24, 2.45) is 0 Å². The van der Waals surface area contributed by atoms with Gasteiger partial charge in [0.25, 0.3) is 0 Å². The van der Waals surface area contributed by atoms with Crippen LogP contribution in [0.5, 0.6) is 5.75 Å². The van der Waals surface area contributed by atoms with E-state index in [1.54, 1.807) is 18.2 Å². The molecule has 0 unspecified atom stereocenters. The van der Waals surface area contributed by atoms with Gasteiger partial charge in [-0.05, 0) is 56.1 Å². The van der Waals surface area contributed by atoms with Gasteiger partial charge in [-0.15, -0.1) is 0 Å². The summed E-state index contributed by atoms with van der Waals surface area (Å²) in [6.45, 7) is -0.212. The topological polar surface area (TPSA) is 35.2 Å². The zero-order valence-electron chi connectivity index (χ0n) is 10.5. The number of nitrogen functional groups attached to an aromatic ring is 1. The fraction of sp³-hybridized carbons (Fsp3) is 0.143. The maximum absolute atomic E-state index is 13.0. The number of rotatable bonds is 3. The smallest absolute Gasteiger partial charge is 0.416 e. The summed E-state index contributed by atoms with van der Waals surface area (Å²) in [6, 6.07) is 8.92. The number of hydrogen-bond acceptors (Lipinski definition) is 2. The molecule has 0 aliphatic carbocycles. The molecule has 0 amide bonds. The highest BCUT2D eigenvalue weighted by molar-refractivity contribution is 9.11. The van der Waals surface area contributed by atoms with E-state index < -0.39 is 11.7 Å². The first kappa shape index (κ1) is 16.2. The van der Waals surface area contributed by atoms with Crippen molar-refractivity contribution in [2.45, 2.75) is 12.8 Å². The Morgan fingerprint density at radius 2 is 1.67 bits per heavy atom. The van der Waals surface area contributed by atoms with Crippen molar-refractivity contribution in [3.05, 3.63) is 56.5 Å². The summed E-state index contributed by atoms with van der Waals surface area (Å²) in [5, 5.41) is 0. The first-order valence-electron chi connectivity index (χ1n) is 5.81. The Morgan fingerprint density at radius 3 is 2.24 bits per heavy atom. The van der Waals surface area contributed by atoms with E-state index in [-0.39, 0.29) is 17.9 Å². The van der Waals surface area contributed by atoms with Crippen molar-refractivity contribution < 1.29 is 17.9 Å². The second-order valence-electron chi connectivity index (χ2n) is 4.25. The second kappa shape index (κ2) is 6.27. The molecular weight excluding hydrogens is 415 g/mol. The maximum atomic E-state index is 13.0. The van der Waals surface area contributed by atoms with E-state index >= 15 is 0 Å². The van der Waals surface area contributed by atoms with Gasteiger partial charge in [-0.3, -0.25) is 0 Å². The largest absolute Gasteiger partial charge is 0.487 e. The minimum absolute atomic E-state index is 0.0272. The molecule has 0 aromatic heterocycles. The summed E-state index contributed by atoms with van der Waals surface area (Å²) in [4.78, 5) is 0. The number of anilines is 1. The van der Waals surface area contributed by atoms with Gasteiger partial charge in [-0.2, -0.15) is 13.2 Å². The molecule has 7 heteroatoms. The van der Waals surface area contributed by atoms with Crippen molar-refractivity contribution in [3.8, 4) is 5.75 Å². The average Bonchev–Trinajstić information content (AvgIpc) is 2.38. The van der Waals surface area contributed by atoms with E-state index in [0.717, 1.165) is 6.07 Å². The molecule has 0 saturated carbocycles. The first-order chi connectivity index (χ1) is 9.79. The molecule has 112 valence electrons. The van der Waals surface area contributed by atoms with Gasteiger partial charge in [0.05, 0.1) is 14.5 Å². The van der Waals surface area contributed by atoms with Gasteiger partial charge in [0, 0.05) is 11.3 Å². The van der Waals surface area contributed by atoms with Crippen LogP contribution in [-0.4, -0.2) is 0 Å². The van der Waals surface area contributed by atoms with Gasteiger partial charge in [0.1, 0.15) is 12.4 Å². The van der Waals surface area contributed by atoms with Crippen LogP contribution in [0.15, 0.2) is 45.3 Å². The van der Waals surface area contributed by atoms with Crippen molar-refractivity contribution >= 4 is 37.5 Å². The third kappa shape index (κ3) is 3.91. The molecular formula is C14H10Br2F3NO. The highest BCUT2D eigenvalue weighted by Gasteiger charge is 2.33. The summed E-state index contributed by atoms with van der Waals surface area (Å²) in [7, 11) is 0. The Hall–Kier alpha value is -1.21. The van der Waals surface area contributed by atoms with Crippen molar-refractivity contribution in [3.63, 3.8) is 0 Å². The predicted molar refractivity (Wildman–Crippen MR) is 82.0 cm³/mol. The molecule has 0 aliphatic heterocycles. The Balaban J connectivity index is 2.29. The number of benzene rings is 2. The first-order valence-corrected chi connectivity index (χ1v) is 7.40. The highest BCUT2D eigenvalue weighted by Crippen LogP contribution is 2.36. The molecule has 2 N–H and O–H groups in total. The van der Waals surface area contributed by atoms with Gasteiger partial charge in [0.2, 0.25) is 0 Å². The van der Waals surface area contributed by atoms with Crippen molar-refractivity contribution in [2.75, 3.05) is 5.73 Å². The third-order valence-electron chi connectivity index (χ3n) is 2.73. The molecule has 0 bridgehead atoms. The lowest BCUT2D eigenvalue weighted by molar-refractivity contribution is -0.138. The quantitative estimate of drug-likeness (QED) is 0.670. The van der Waals surface area contributed by atoms with E-state index in [1.165, 1.54) is 12.1 Å².